The molecule has 0 aliphatic carbocycles. The van der Waals surface area contributed by atoms with Crippen molar-refractivity contribution < 1.29 is 9.53 Å². The Labute approximate surface area is 145 Å². The summed E-state index contributed by atoms with van der Waals surface area (Å²) in [5.41, 5.74) is 2.83. The molecule has 2 amide bonds. The van der Waals surface area contributed by atoms with Crippen molar-refractivity contribution in [3.05, 3.63) is 58.1 Å². The number of nitrogens with zero attached hydrogens (tertiary/aromatic N) is 1. The van der Waals surface area contributed by atoms with Crippen molar-refractivity contribution in [2.45, 2.75) is 20.4 Å². The Morgan fingerprint density at radius 2 is 2.00 bits per heavy atom. The number of hydrogen-bond donors (Lipinski definition) is 1. The van der Waals surface area contributed by atoms with Crippen molar-refractivity contribution in [3.8, 4) is 5.75 Å². The van der Waals surface area contributed by atoms with Gasteiger partial charge in [-0.15, -0.1) is 0 Å². The normalized spacial score (nSPS) is 10.3. The lowest BCUT2D eigenvalue weighted by Gasteiger charge is -2.20. The van der Waals surface area contributed by atoms with E-state index in [1.54, 1.807) is 11.9 Å². The zero-order valence-electron chi connectivity index (χ0n) is 13.6. The molecule has 0 bridgehead atoms. The molecule has 122 valence electrons. The minimum absolute atomic E-state index is 0.175. The molecule has 0 saturated carbocycles. The molecule has 1 N–H and O–H groups in total. The summed E-state index contributed by atoms with van der Waals surface area (Å²) in [6.07, 6.45) is 0. The lowest BCUT2D eigenvalue weighted by Crippen LogP contribution is -2.31. The van der Waals surface area contributed by atoms with Gasteiger partial charge in [0.05, 0.1) is 12.3 Å². The largest absolute Gasteiger partial charge is 0.492 e. The van der Waals surface area contributed by atoms with Crippen LogP contribution in [0.3, 0.4) is 0 Å². The predicted octanol–water partition coefficient (Wildman–Crippen LogP) is 4.82. The van der Waals surface area contributed by atoms with Crippen molar-refractivity contribution in [2.24, 2.45) is 0 Å². The molecule has 0 heterocycles. The third-order valence-electron chi connectivity index (χ3n) is 3.39. The van der Waals surface area contributed by atoms with Gasteiger partial charge in [0.15, 0.2) is 0 Å². The van der Waals surface area contributed by atoms with Crippen LogP contribution in [-0.4, -0.2) is 24.6 Å². The van der Waals surface area contributed by atoms with E-state index in [1.165, 1.54) is 0 Å². The van der Waals surface area contributed by atoms with E-state index >= 15 is 0 Å². The van der Waals surface area contributed by atoms with Gasteiger partial charge in [-0.25, -0.2) is 4.79 Å². The zero-order chi connectivity index (χ0) is 16.8. The number of rotatable bonds is 5. The minimum atomic E-state index is -0.175. The fourth-order valence-corrected chi connectivity index (χ4v) is 2.58. The van der Waals surface area contributed by atoms with Gasteiger partial charge in [-0.2, -0.15) is 0 Å². The fourth-order valence-electron chi connectivity index (χ4n) is 2.17. The average Bonchev–Trinajstić information content (AvgIpc) is 2.52. The summed E-state index contributed by atoms with van der Waals surface area (Å²) in [6, 6.07) is 13.4. The molecule has 0 atom stereocenters. The molecular formula is C18H21BrN2O2. The third kappa shape index (κ3) is 4.73. The molecule has 0 aliphatic heterocycles. The molecule has 0 fully saturated rings. The van der Waals surface area contributed by atoms with Gasteiger partial charge in [0, 0.05) is 18.1 Å². The summed E-state index contributed by atoms with van der Waals surface area (Å²) in [4.78, 5) is 14.0. The predicted molar refractivity (Wildman–Crippen MR) is 97.0 cm³/mol. The van der Waals surface area contributed by atoms with Gasteiger partial charge in [0.1, 0.15) is 5.75 Å². The first-order chi connectivity index (χ1) is 11.0. The lowest BCUT2D eigenvalue weighted by molar-refractivity contribution is 0.220. The molecular weight excluding hydrogens is 356 g/mol. The minimum Gasteiger partial charge on any atom is -0.492 e. The zero-order valence-corrected chi connectivity index (χ0v) is 15.2. The third-order valence-corrected chi connectivity index (χ3v) is 4.16. The first-order valence-corrected chi connectivity index (χ1v) is 8.29. The number of nitrogens with one attached hydrogen (secondary N) is 1. The molecule has 2 aromatic rings. The van der Waals surface area contributed by atoms with Gasteiger partial charge in [0.25, 0.3) is 0 Å². The molecule has 5 heteroatoms. The SMILES string of the molecule is CCOc1cc(C)ccc1NC(=O)N(C)Cc1ccccc1Br. The molecule has 23 heavy (non-hydrogen) atoms. The second-order valence-electron chi connectivity index (χ2n) is 5.31. The van der Waals surface area contributed by atoms with Crippen LogP contribution in [0.15, 0.2) is 46.9 Å². The van der Waals surface area contributed by atoms with Crippen molar-refractivity contribution in [3.63, 3.8) is 0 Å². The van der Waals surface area contributed by atoms with Crippen LogP contribution in [0.25, 0.3) is 0 Å². The summed E-state index contributed by atoms with van der Waals surface area (Å²) in [7, 11) is 1.77. The van der Waals surface area contributed by atoms with Gasteiger partial charge in [-0.05, 0) is 43.2 Å². The summed E-state index contributed by atoms with van der Waals surface area (Å²) in [5, 5.41) is 2.91. The molecule has 0 radical (unpaired) electrons. The van der Waals surface area contributed by atoms with E-state index in [2.05, 4.69) is 21.2 Å². The quantitative estimate of drug-likeness (QED) is 0.812. The number of halogens is 1. The molecule has 0 aliphatic rings. The van der Waals surface area contributed by atoms with Crippen LogP contribution >= 0.6 is 15.9 Å². The number of amides is 2. The smallest absolute Gasteiger partial charge is 0.321 e. The molecule has 0 spiro atoms. The highest BCUT2D eigenvalue weighted by Crippen LogP contribution is 2.26. The first-order valence-electron chi connectivity index (χ1n) is 7.50. The Morgan fingerprint density at radius 1 is 1.26 bits per heavy atom. The molecule has 0 aromatic heterocycles. The molecule has 0 unspecified atom stereocenters. The Kier molecular flexibility index (Phi) is 6.04. The highest BCUT2D eigenvalue weighted by molar-refractivity contribution is 9.10. The Balaban J connectivity index is 2.08. The second-order valence-corrected chi connectivity index (χ2v) is 6.16. The van der Waals surface area contributed by atoms with E-state index in [-0.39, 0.29) is 6.03 Å². The van der Waals surface area contributed by atoms with Gasteiger partial charge in [-0.1, -0.05) is 40.2 Å². The Bertz CT molecular complexity index is 688. The Hall–Kier alpha value is -2.01. The van der Waals surface area contributed by atoms with Crippen LogP contribution in [0.4, 0.5) is 10.5 Å². The summed E-state index contributed by atoms with van der Waals surface area (Å²) >= 11 is 3.50. The molecule has 0 saturated heterocycles. The van der Waals surface area contributed by atoms with Crippen LogP contribution in [0, 0.1) is 6.92 Å². The Morgan fingerprint density at radius 3 is 2.70 bits per heavy atom. The van der Waals surface area contributed by atoms with E-state index in [0.29, 0.717) is 24.6 Å². The number of urea groups is 1. The van der Waals surface area contributed by atoms with E-state index in [0.717, 1.165) is 15.6 Å². The first kappa shape index (κ1) is 17.3. The van der Waals surface area contributed by atoms with E-state index in [1.807, 2.05) is 56.3 Å². The molecule has 2 rings (SSSR count). The van der Waals surface area contributed by atoms with E-state index in [4.69, 9.17) is 4.74 Å². The van der Waals surface area contributed by atoms with Gasteiger partial charge in [-0.3, -0.25) is 0 Å². The topological polar surface area (TPSA) is 41.6 Å². The number of ether oxygens (including phenoxy) is 1. The maximum Gasteiger partial charge on any atom is 0.321 e. The average molecular weight is 377 g/mol. The maximum atomic E-state index is 12.4. The molecule has 4 nitrogen and oxygen atoms in total. The monoisotopic (exact) mass is 376 g/mol. The summed E-state index contributed by atoms with van der Waals surface area (Å²) < 4.78 is 6.59. The van der Waals surface area contributed by atoms with Crippen LogP contribution in [0.1, 0.15) is 18.1 Å². The number of carbonyl (C=O) groups is 1. The number of anilines is 1. The fraction of sp³-hybridized carbons (Fsp3) is 0.278. The summed E-state index contributed by atoms with van der Waals surface area (Å²) in [5.74, 6) is 0.690. The van der Waals surface area contributed by atoms with Gasteiger partial charge in [0.2, 0.25) is 0 Å². The number of aryl methyl sites for hydroxylation is 1. The highest BCUT2D eigenvalue weighted by Gasteiger charge is 2.13. The van der Waals surface area contributed by atoms with Crippen LogP contribution < -0.4 is 10.1 Å². The van der Waals surface area contributed by atoms with Crippen molar-refractivity contribution >= 4 is 27.6 Å². The van der Waals surface area contributed by atoms with Crippen molar-refractivity contribution in [1.29, 1.82) is 0 Å². The molecule has 2 aromatic carbocycles. The van der Waals surface area contributed by atoms with Crippen LogP contribution in [0.5, 0.6) is 5.75 Å². The van der Waals surface area contributed by atoms with E-state index < -0.39 is 0 Å². The number of benzene rings is 2. The van der Waals surface area contributed by atoms with Crippen molar-refractivity contribution in [1.82, 2.24) is 4.90 Å². The van der Waals surface area contributed by atoms with E-state index in [9.17, 15) is 4.79 Å². The summed E-state index contributed by atoms with van der Waals surface area (Å²) in [6.45, 7) is 4.99. The van der Waals surface area contributed by atoms with Crippen LogP contribution in [0.2, 0.25) is 0 Å². The number of hydrogen-bond acceptors (Lipinski definition) is 2. The lowest BCUT2D eigenvalue weighted by atomic mass is 10.2. The standard InChI is InChI=1S/C18H21BrN2O2/c1-4-23-17-11-13(2)9-10-16(17)20-18(22)21(3)12-14-7-5-6-8-15(14)19/h5-11H,4,12H2,1-3H3,(H,20,22). The van der Waals surface area contributed by atoms with Gasteiger partial charge < -0.3 is 15.0 Å². The highest BCUT2D eigenvalue weighted by atomic mass is 79.9. The van der Waals surface area contributed by atoms with Gasteiger partial charge >= 0.3 is 6.03 Å². The number of carbonyl (C=O) groups excluding carboxylic acids is 1. The maximum absolute atomic E-state index is 12.4. The second kappa shape index (κ2) is 8.02. The van der Waals surface area contributed by atoms with Crippen molar-refractivity contribution in [2.75, 3.05) is 19.0 Å². The van der Waals surface area contributed by atoms with Crippen LogP contribution in [-0.2, 0) is 6.54 Å².